The Kier molecular flexibility index (Phi) is 5.66. The predicted octanol–water partition coefficient (Wildman–Crippen LogP) is 3.93. The van der Waals surface area contributed by atoms with Crippen molar-refractivity contribution in [3.05, 3.63) is 72.5 Å². The molecule has 3 aromatic rings. The zero-order valence-electron chi connectivity index (χ0n) is 14.6. The van der Waals surface area contributed by atoms with Crippen LogP contribution in [0.3, 0.4) is 0 Å². The summed E-state index contributed by atoms with van der Waals surface area (Å²) in [4.78, 5) is 24.1. The molecule has 138 valence electrons. The van der Waals surface area contributed by atoms with Crippen LogP contribution in [0.4, 0.5) is 10.1 Å². The van der Waals surface area contributed by atoms with Crippen LogP contribution in [0.1, 0.15) is 6.92 Å². The van der Waals surface area contributed by atoms with E-state index < -0.39 is 30.4 Å². The van der Waals surface area contributed by atoms with Crippen molar-refractivity contribution in [1.82, 2.24) is 0 Å². The average Bonchev–Trinajstić information content (AvgIpc) is 2.68. The molecule has 0 unspecified atom stereocenters. The van der Waals surface area contributed by atoms with E-state index >= 15 is 0 Å². The average molecular weight is 367 g/mol. The van der Waals surface area contributed by atoms with E-state index in [0.29, 0.717) is 11.4 Å². The fourth-order valence-corrected chi connectivity index (χ4v) is 2.54. The third-order valence-corrected chi connectivity index (χ3v) is 3.87. The summed E-state index contributed by atoms with van der Waals surface area (Å²) in [5.41, 5.74) is 0.643. The van der Waals surface area contributed by atoms with Gasteiger partial charge in [0, 0.05) is 11.1 Å². The number of carbonyl (C=O) groups is 2. The van der Waals surface area contributed by atoms with Crippen LogP contribution in [-0.4, -0.2) is 24.6 Å². The number of halogens is 1. The minimum Gasteiger partial charge on any atom is -0.479 e. The van der Waals surface area contributed by atoms with Crippen LogP contribution >= 0.6 is 0 Å². The van der Waals surface area contributed by atoms with E-state index in [0.717, 1.165) is 10.8 Å². The Labute approximate surface area is 155 Å². The van der Waals surface area contributed by atoms with Gasteiger partial charge in [-0.05, 0) is 42.6 Å². The van der Waals surface area contributed by atoms with Gasteiger partial charge in [0.2, 0.25) is 0 Å². The van der Waals surface area contributed by atoms with Gasteiger partial charge in [0.1, 0.15) is 11.6 Å². The van der Waals surface area contributed by atoms with Gasteiger partial charge >= 0.3 is 5.97 Å². The monoisotopic (exact) mass is 367 g/mol. The summed E-state index contributed by atoms with van der Waals surface area (Å²) >= 11 is 0. The largest absolute Gasteiger partial charge is 0.479 e. The number of carbonyl (C=O) groups excluding carboxylic acids is 2. The van der Waals surface area contributed by atoms with Crippen LogP contribution in [0.2, 0.25) is 0 Å². The van der Waals surface area contributed by atoms with Gasteiger partial charge in [0.25, 0.3) is 5.91 Å². The van der Waals surface area contributed by atoms with Crippen molar-refractivity contribution in [3.8, 4) is 5.75 Å². The van der Waals surface area contributed by atoms with E-state index in [2.05, 4.69) is 5.32 Å². The quantitative estimate of drug-likeness (QED) is 0.671. The van der Waals surface area contributed by atoms with Crippen LogP contribution in [0.5, 0.6) is 5.75 Å². The normalized spacial score (nSPS) is 11.6. The van der Waals surface area contributed by atoms with E-state index in [9.17, 15) is 14.0 Å². The highest BCUT2D eigenvalue weighted by Gasteiger charge is 2.18. The molecule has 0 fully saturated rings. The van der Waals surface area contributed by atoms with Crippen LogP contribution in [0, 0.1) is 5.82 Å². The van der Waals surface area contributed by atoms with Crippen molar-refractivity contribution in [2.45, 2.75) is 13.0 Å². The fourth-order valence-electron chi connectivity index (χ4n) is 2.54. The van der Waals surface area contributed by atoms with Gasteiger partial charge in [-0.2, -0.15) is 0 Å². The van der Waals surface area contributed by atoms with E-state index in [1.54, 1.807) is 6.07 Å². The van der Waals surface area contributed by atoms with Crippen molar-refractivity contribution in [2.24, 2.45) is 0 Å². The number of esters is 1. The van der Waals surface area contributed by atoms with Crippen LogP contribution < -0.4 is 10.1 Å². The number of anilines is 1. The summed E-state index contributed by atoms with van der Waals surface area (Å²) < 4.78 is 23.2. The zero-order valence-corrected chi connectivity index (χ0v) is 14.6. The number of nitrogens with one attached hydrogen (secondary N) is 1. The van der Waals surface area contributed by atoms with Gasteiger partial charge in [-0.25, -0.2) is 9.18 Å². The second-order valence-electron chi connectivity index (χ2n) is 5.90. The Morgan fingerprint density at radius 3 is 2.48 bits per heavy atom. The van der Waals surface area contributed by atoms with Crippen molar-refractivity contribution in [1.29, 1.82) is 0 Å². The van der Waals surface area contributed by atoms with E-state index in [-0.39, 0.29) is 0 Å². The lowest BCUT2D eigenvalue weighted by Gasteiger charge is -2.14. The molecule has 1 atom stereocenters. The topological polar surface area (TPSA) is 64.6 Å². The minimum atomic E-state index is -0.930. The number of benzene rings is 3. The van der Waals surface area contributed by atoms with E-state index in [1.165, 1.54) is 31.2 Å². The summed E-state index contributed by atoms with van der Waals surface area (Å²) in [6.07, 6.45) is -0.930. The molecule has 0 heterocycles. The molecule has 0 aromatic heterocycles. The molecule has 27 heavy (non-hydrogen) atoms. The molecule has 0 saturated carbocycles. The summed E-state index contributed by atoms with van der Waals surface area (Å²) in [6, 6.07) is 18.5. The molecule has 1 N–H and O–H groups in total. The van der Waals surface area contributed by atoms with Crippen molar-refractivity contribution in [3.63, 3.8) is 0 Å². The molecule has 6 heteroatoms. The first-order valence-electron chi connectivity index (χ1n) is 8.39. The van der Waals surface area contributed by atoms with Crippen molar-refractivity contribution < 1.29 is 23.5 Å². The smallest absolute Gasteiger partial charge is 0.347 e. The number of ether oxygens (including phenoxy) is 2. The van der Waals surface area contributed by atoms with Crippen LogP contribution in [0.25, 0.3) is 10.8 Å². The number of hydrogen-bond donors (Lipinski definition) is 1. The molecule has 0 saturated heterocycles. The SMILES string of the molecule is C[C@@H](Oc1ccc(F)cc1)C(=O)OCC(=O)Nc1cccc2ccccc12. The third-order valence-electron chi connectivity index (χ3n) is 3.87. The molecular formula is C21H18FNO4. The number of rotatable bonds is 6. The Balaban J connectivity index is 1.53. The van der Waals surface area contributed by atoms with Crippen LogP contribution in [0.15, 0.2) is 66.7 Å². The first kappa shape index (κ1) is 18.4. The highest BCUT2D eigenvalue weighted by molar-refractivity contribution is 6.02. The molecule has 0 bridgehead atoms. The molecule has 0 spiro atoms. The molecular weight excluding hydrogens is 349 g/mol. The Hall–Kier alpha value is -3.41. The predicted molar refractivity (Wildman–Crippen MR) is 100 cm³/mol. The number of fused-ring (bicyclic) bond motifs is 1. The van der Waals surface area contributed by atoms with E-state index in [1.807, 2.05) is 36.4 Å². The standard InChI is InChI=1S/C21H18FNO4/c1-14(27-17-11-9-16(22)10-12-17)21(25)26-13-20(24)23-19-8-4-6-15-5-2-3-7-18(15)19/h2-12,14H,13H2,1H3,(H,23,24)/t14-/m1/s1. The highest BCUT2D eigenvalue weighted by atomic mass is 19.1. The first-order valence-corrected chi connectivity index (χ1v) is 8.39. The summed E-state index contributed by atoms with van der Waals surface area (Å²) in [5.74, 6) is -1.20. The maximum absolute atomic E-state index is 12.9. The molecule has 3 rings (SSSR count). The maximum atomic E-state index is 12.9. The second-order valence-corrected chi connectivity index (χ2v) is 5.90. The van der Waals surface area contributed by atoms with Gasteiger partial charge in [-0.15, -0.1) is 0 Å². The molecule has 1 amide bonds. The highest BCUT2D eigenvalue weighted by Crippen LogP contribution is 2.22. The van der Waals surface area contributed by atoms with Crippen LogP contribution in [-0.2, 0) is 14.3 Å². The van der Waals surface area contributed by atoms with Gasteiger partial charge < -0.3 is 14.8 Å². The Bertz CT molecular complexity index is 951. The fraction of sp³-hybridized carbons (Fsp3) is 0.143. The molecule has 0 aliphatic carbocycles. The molecule has 0 aliphatic heterocycles. The lowest BCUT2D eigenvalue weighted by Crippen LogP contribution is -2.29. The first-order chi connectivity index (χ1) is 13.0. The Morgan fingerprint density at radius 2 is 1.70 bits per heavy atom. The van der Waals surface area contributed by atoms with Gasteiger partial charge in [-0.1, -0.05) is 36.4 Å². The van der Waals surface area contributed by atoms with E-state index in [4.69, 9.17) is 9.47 Å². The lowest BCUT2D eigenvalue weighted by molar-refractivity contribution is -0.153. The summed E-state index contributed by atoms with van der Waals surface area (Å²) in [6.45, 7) is 1.06. The second kappa shape index (κ2) is 8.31. The zero-order chi connectivity index (χ0) is 19.2. The van der Waals surface area contributed by atoms with Crippen molar-refractivity contribution >= 4 is 28.3 Å². The Morgan fingerprint density at radius 1 is 1.00 bits per heavy atom. The summed E-state index contributed by atoms with van der Waals surface area (Å²) in [5, 5.41) is 4.63. The summed E-state index contributed by atoms with van der Waals surface area (Å²) in [7, 11) is 0. The number of amides is 1. The number of hydrogen-bond acceptors (Lipinski definition) is 4. The third kappa shape index (κ3) is 4.82. The molecule has 0 radical (unpaired) electrons. The van der Waals surface area contributed by atoms with Gasteiger partial charge in [0.15, 0.2) is 12.7 Å². The van der Waals surface area contributed by atoms with Gasteiger partial charge in [0.05, 0.1) is 0 Å². The maximum Gasteiger partial charge on any atom is 0.347 e. The molecule has 0 aliphatic rings. The molecule has 5 nitrogen and oxygen atoms in total. The lowest BCUT2D eigenvalue weighted by atomic mass is 10.1. The molecule has 3 aromatic carbocycles. The van der Waals surface area contributed by atoms with Gasteiger partial charge in [-0.3, -0.25) is 4.79 Å². The van der Waals surface area contributed by atoms with Crippen molar-refractivity contribution in [2.75, 3.05) is 11.9 Å². The minimum absolute atomic E-state index is 0.334.